The van der Waals surface area contributed by atoms with Crippen LogP contribution in [0.25, 0.3) is 0 Å². The van der Waals surface area contributed by atoms with Crippen LogP contribution < -0.4 is 9.47 Å². The van der Waals surface area contributed by atoms with Crippen LogP contribution in [0.3, 0.4) is 0 Å². The van der Waals surface area contributed by atoms with E-state index in [1.54, 1.807) is 18.2 Å². The second kappa shape index (κ2) is 7.72. The second-order valence-electron chi connectivity index (χ2n) is 6.73. The van der Waals surface area contributed by atoms with Crippen molar-refractivity contribution in [1.29, 1.82) is 0 Å². The van der Waals surface area contributed by atoms with Gasteiger partial charge in [0.2, 0.25) is 6.79 Å². The van der Waals surface area contributed by atoms with Gasteiger partial charge >= 0.3 is 6.18 Å². The monoisotopic (exact) mass is 443 g/mol. The summed E-state index contributed by atoms with van der Waals surface area (Å²) in [5.74, 6) is 1.20. The van der Waals surface area contributed by atoms with E-state index < -0.39 is 18.8 Å². The van der Waals surface area contributed by atoms with Crippen molar-refractivity contribution in [2.24, 2.45) is 0 Å². The molecule has 27 heavy (non-hydrogen) atoms. The molecule has 0 bridgehead atoms. The highest BCUT2D eigenvalue weighted by Gasteiger charge is 2.41. The predicted octanol–water partition coefficient (Wildman–Crippen LogP) is 5.68. The van der Waals surface area contributed by atoms with E-state index in [0.717, 1.165) is 15.6 Å². The molecule has 1 aromatic carbocycles. The highest BCUT2D eigenvalue weighted by Crippen LogP contribution is 2.45. The van der Waals surface area contributed by atoms with Crippen molar-refractivity contribution in [3.05, 3.63) is 58.1 Å². The molecule has 3 nitrogen and oxygen atoms in total. The highest BCUT2D eigenvalue weighted by molar-refractivity contribution is 9.11. The van der Waals surface area contributed by atoms with Crippen molar-refractivity contribution in [3.63, 3.8) is 0 Å². The maximum atomic E-state index is 13.3. The number of benzene rings is 1. The Hall–Kier alpha value is -1.73. The van der Waals surface area contributed by atoms with E-state index in [4.69, 9.17) is 9.47 Å². The molecule has 0 saturated carbocycles. The smallest absolute Gasteiger partial charge is 0.401 e. The Balaban J connectivity index is 2.05. The fourth-order valence-corrected chi connectivity index (χ4v) is 3.67. The number of rotatable bonds is 4. The molecule has 7 heteroatoms. The predicted molar refractivity (Wildman–Crippen MR) is 102 cm³/mol. The first kappa shape index (κ1) is 20.0. The summed E-state index contributed by atoms with van der Waals surface area (Å²) in [4.78, 5) is 1.46. The molecule has 0 spiro atoms. The molecule has 0 unspecified atom stereocenters. The number of halogens is 4. The molecule has 2 heterocycles. The van der Waals surface area contributed by atoms with Crippen molar-refractivity contribution >= 4 is 15.9 Å². The van der Waals surface area contributed by atoms with Crippen LogP contribution in [-0.4, -0.2) is 30.5 Å². The maximum Gasteiger partial charge on any atom is 0.401 e. The van der Waals surface area contributed by atoms with Gasteiger partial charge < -0.3 is 9.47 Å². The molecular weight excluding hydrogens is 423 g/mol. The number of ether oxygens (including phenoxy) is 2. The lowest BCUT2D eigenvalue weighted by molar-refractivity contribution is -0.155. The Bertz CT molecular complexity index is 801. The van der Waals surface area contributed by atoms with Crippen molar-refractivity contribution in [2.45, 2.75) is 38.5 Å². The summed E-state index contributed by atoms with van der Waals surface area (Å²) in [7, 11) is 0. The fourth-order valence-electron chi connectivity index (χ4n) is 3.54. The lowest BCUT2D eigenvalue weighted by Crippen LogP contribution is -2.47. The third kappa shape index (κ3) is 4.41. The maximum absolute atomic E-state index is 13.3. The zero-order valence-corrected chi connectivity index (χ0v) is 16.7. The van der Waals surface area contributed by atoms with Crippen molar-refractivity contribution in [2.75, 3.05) is 13.3 Å². The van der Waals surface area contributed by atoms with E-state index in [9.17, 15) is 13.2 Å². The van der Waals surface area contributed by atoms with E-state index in [-0.39, 0.29) is 12.8 Å². The topological polar surface area (TPSA) is 21.7 Å². The van der Waals surface area contributed by atoms with E-state index >= 15 is 0 Å². The van der Waals surface area contributed by atoms with Crippen LogP contribution in [0.5, 0.6) is 11.5 Å². The molecule has 0 aromatic heterocycles. The lowest BCUT2D eigenvalue weighted by Gasteiger charge is -2.42. The molecule has 0 amide bonds. The van der Waals surface area contributed by atoms with Crippen molar-refractivity contribution < 1.29 is 22.6 Å². The van der Waals surface area contributed by atoms with Gasteiger partial charge in [-0.2, -0.15) is 13.2 Å². The van der Waals surface area contributed by atoms with E-state index in [1.165, 1.54) is 4.90 Å². The van der Waals surface area contributed by atoms with Gasteiger partial charge in [0, 0.05) is 10.5 Å². The van der Waals surface area contributed by atoms with Gasteiger partial charge in [0.05, 0.1) is 12.6 Å². The molecule has 1 aromatic rings. The van der Waals surface area contributed by atoms with Gasteiger partial charge in [0.25, 0.3) is 0 Å². The van der Waals surface area contributed by atoms with Crippen LogP contribution in [0.1, 0.15) is 31.0 Å². The van der Waals surface area contributed by atoms with Gasteiger partial charge in [0.1, 0.15) is 0 Å². The van der Waals surface area contributed by atoms with Gasteiger partial charge in [-0.25, -0.2) is 0 Å². The molecule has 2 aliphatic rings. The van der Waals surface area contributed by atoms with Gasteiger partial charge in [-0.05, 0) is 55.2 Å². The summed E-state index contributed by atoms with van der Waals surface area (Å²) in [5.41, 5.74) is 2.34. The molecule has 3 rings (SSSR count). The van der Waals surface area contributed by atoms with Gasteiger partial charge in [-0.3, -0.25) is 4.90 Å². The number of alkyl halides is 3. The first-order valence-corrected chi connectivity index (χ1v) is 9.42. The number of fused-ring (bicyclic) bond motifs is 2. The summed E-state index contributed by atoms with van der Waals surface area (Å²) in [6.45, 7) is 6.88. The molecule has 146 valence electrons. The normalized spacial score (nSPS) is 23.0. The minimum absolute atomic E-state index is 0.125. The van der Waals surface area contributed by atoms with Gasteiger partial charge in [-0.1, -0.05) is 34.7 Å². The number of allylic oxidation sites excluding steroid dienone is 3. The Morgan fingerprint density at radius 2 is 1.96 bits per heavy atom. The molecule has 0 N–H and O–H groups in total. The van der Waals surface area contributed by atoms with Gasteiger partial charge in [0.15, 0.2) is 11.5 Å². The summed E-state index contributed by atoms with van der Waals surface area (Å²) in [5, 5.41) is 0. The fraction of sp³-hybridized carbons (Fsp3) is 0.400. The zero-order valence-electron chi connectivity index (χ0n) is 15.1. The van der Waals surface area contributed by atoms with Crippen molar-refractivity contribution in [1.82, 2.24) is 4.90 Å². The SMILES string of the molecule is C=C(/C=C\C(Br)=C/C)[C@@H]1c2cc3c(cc2C[C@@H](C)N1CC(F)(F)F)OCO3. The third-order valence-electron chi connectivity index (χ3n) is 4.79. The average Bonchev–Trinajstić information content (AvgIpc) is 3.04. The molecule has 0 radical (unpaired) electrons. The minimum atomic E-state index is -4.30. The van der Waals surface area contributed by atoms with Crippen LogP contribution in [-0.2, 0) is 6.42 Å². The van der Waals surface area contributed by atoms with E-state index in [2.05, 4.69) is 22.5 Å². The first-order chi connectivity index (χ1) is 12.7. The Kier molecular flexibility index (Phi) is 5.72. The van der Waals surface area contributed by atoms with E-state index in [0.29, 0.717) is 23.5 Å². The third-order valence-corrected chi connectivity index (χ3v) is 5.51. The van der Waals surface area contributed by atoms with Crippen molar-refractivity contribution in [3.8, 4) is 11.5 Å². The first-order valence-electron chi connectivity index (χ1n) is 8.63. The molecule has 2 atom stereocenters. The lowest BCUT2D eigenvalue weighted by atomic mass is 9.84. The van der Waals surface area contributed by atoms with Crippen LogP contribution in [0, 0.1) is 0 Å². The van der Waals surface area contributed by atoms with Crippen LogP contribution in [0.4, 0.5) is 13.2 Å². The van der Waals surface area contributed by atoms with Gasteiger partial charge in [-0.15, -0.1) is 0 Å². The molecule has 0 aliphatic carbocycles. The second-order valence-corrected chi connectivity index (χ2v) is 7.64. The largest absolute Gasteiger partial charge is 0.454 e. The number of nitrogens with zero attached hydrogens (tertiary/aromatic N) is 1. The van der Waals surface area contributed by atoms with E-state index in [1.807, 2.05) is 26.0 Å². The Morgan fingerprint density at radius 1 is 1.30 bits per heavy atom. The summed E-state index contributed by atoms with van der Waals surface area (Å²) >= 11 is 3.38. The van der Waals surface area contributed by atoms with Crippen LogP contribution in [0.2, 0.25) is 0 Å². The quantitative estimate of drug-likeness (QED) is 0.559. The summed E-state index contributed by atoms with van der Waals surface area (Å²) in [6, 6.07) is 2.79. The highest BCUT2D eigenvalue weighted by atomic mass is 79.9. The zero-order chi connectivity index (χ0) is 19.8. The molecule has 0 saturated heterocycles. The standard InChI is InChI=1S/C20H21BrF3NO2/c1-4-15(21)6-5-12(2)19-16-9-18-17(26-11-27-18)8-14(16)7-13(3)25(19)10-20(22,23)24/h4-6,8-9,13,19H,2,7,10-11H2,1,3H3/b6-5-,15-4+/t13-,19-/m1/s1. The molecule has 0 fully saturated rings. The van der Waals surface area contributed by atoms with Crippen LogP contribution in [0.15, 0.2) is 47.0 Å². The number of hydrogen-bond acceptors (Lipinski definition) is 3. The summed E-state index contributed by atoms with van der Waals surface area (Å²) < 4.78 is 51.5. The average molecular weight is 444 g/mol. The Morgan fingerprint density at radius 3 is 2.59 bits per heavy atom. The van der Waals surface area contributed by atoms with Crippen LogP contribution >= 0.6 is 15.9 Å². The summed E-state index contributed by atoms with van der Waals surface area (Å²) in [6.07, 6.45) is 1.61. The molecular formula is C20H21BrF3NO2. The number of hydrogen-bond donors (Lipinski definition) is 0. The minimum Gasteiger partial charge on any atom is -0.454 e. The molecule has 2 aliphatic heterocycles. The Labute approximate surface area is 165 Å².